The Morgan fingerprint density at radius 2 is 1.25 bits per heavy atom. The molecule has 0 saturated carbocycles. The highest BCUT2D eigenvalue weighted by Crippen LogP contribution is 2.53. The van der Waals surface area contributed by atoms with Gasteiger partial charge in [-0.1, -0.05) is 13.3 Å². The quantitative estimate of drug-likeness (QED) is 0.474. The number of ether oxygens (including phenoxy) is 1. The van der Waals surface area contributed by atoms with Crippen LogP contribution in [0.1, 0.15) is 19.3 Å². The lowest BCUT2D eigenvalue weighted by atomic mass is 10.0. The highest BCUT2D eigenvalue weighted by atomic mass is 19.4. The highest BCUT2D eigenvalue weighted by molar-refractivity contribution is 5.00. The molecular weight excluding hydrogens is 307 g/mol. The van der Waals surface area contributed by atoms with Gasteiger partial charge in [-0.3, -0.25) is 0 Å². The van der Waals surface area contributed by atoms with Crippen molar-refractivity contribution in [1.82, 2.24) is 0 Å². The molecule has 0 fully saturated rings. The molecule has 0 aliphatic rings. The van der Waals surface area contributed by atoms with Gasteiger partial charge in [-0.2, -0.15) is 39.5 Å². The minimum atomic E-state index is -6.84. The molecule has 0 aromatic rings. The second-order valence-electron chi connectivity index (χ2n) is 3.92. The summed E-state index contributed by atoms with van der Waals surface area (Å²) >= 11 is 0. The van der Waals surface area contributed by atoms with Crippen LogP contribution in [0.5, 0.6) is 0 Å². The van der Waals surface area contributed by atoms with E-state index in [1.165, 1.54) is 0 Å². The highest BCUT2D eigenvalue weighted by Gasteiger charge is 2.81. The zero-order chi connectivity index (χ0) is 16.2. The zero-order valence-corrected chi connectivity index (χ0v) is 10.1. The fourth-order valence-corrected chi connectivity index (χ4v) is 1.07. The summed E-state index contributed by atoms with van der Waals surface area (Å²) in [5.41, 5.74) is 0. The summed E-state index contributed by atoms with van der Waals surface area (Å²) in [5, 5.41) is 0. The van der Waals surface area contributed by atoms with Crippen molar-refractivity contribution in [3.05, 3.63) is 6.92 Å². The number of alkyl halides is 9. The summed E-state index contributed by atoms with van der Waals surface area (Å²) in [7, 11) is 0. The molecule has 0 aromatic carbocycles. The van der Waals surface area contributed by atoms with Crippen molar-refractivity contribution in [3.8, 4) is 0 Å². The molecule has 0 aromatic heterocycles. The summed E-state index contributed by atoms with van der Waals surface area (Å²) in [6.45, 7) is 2.15. The molecule has 0 atom stereocenters. The Labute approximate surface area is 109 Å². The number of hydrogen-bond donors (Lipinski definition) is 0. The van der Waals surface area contributed by atoms with Gasteiger partial charge in [0.15, 0.2) is 0 Å². The Hall–Kier alpha value is -0.670. The largest absolute Gasteiger partial charge is 0.460 e. The molecule has 0 rings (SSSR count). The topological polar surface area (TPSA) is 9.23 Å². The van der Waals surface area contributed by atoms with Gasteiger partial charge >= 0.3 is 23.9 Å². The van der Waals surface area contributed by atoms with Crippen LogP contribution in [0, 0.1) is 6.92 Å². The van der Waals surface area contributed by atoms with Gasteiger partial charge in [0.2, 0.25) is 0 Å². The van der Waals surface area contributed by atoms with Gasteiger partial charge in [-0.25, -0.2) is 0 Å². The van der Waals surface area contributed by atoms with Crippen molar-refractivity contribution in [2.75, 3.05) is 13.2 Å². The third-order valence-electron chi connectivity index (χ3n) is 2.31. The van der Waals surface area contributed by atoms with E-state index in [1.54, 1.807) is 0 Å². The smallest absolute Gasteiger partial charge is 0.381 e. The number of halogens is 9. The molecular formula is C10H12F9O. The molecule has 1 nitrogen and oxygen atoms in total. The summed E-state index contributed by atoms with van der Waals surface area (Å²) in [4.78, 5) is 0. The molecule has 20 heavy (non-hydrogen) atoms. The van der Waals surface area contributed by atoms with Gasteiger partial charge < -0.3 is 4.74 Å². The fourth-order valence-electron chi connectivity index (χ4n) is 1.07. The van der Waals surface area contributed by atoms with E-state index in [2.05, 4.69) is 11.7 Å². The predicted molar refractivity (Wildman–Crippen MR) is 50.9 cm³/mol. The minimum Gasteiger partial charge on any atom is -0.381 e. The summed E-state index contributed by atoms with van der Waals surface area (Å²) in [6.07, 6.45) is -8.07. The van der Waals surface area contributed by atoms with Gasteiger partial charge in [0.1, 0.15) is 0 Å². The van der Waals surface area contributed by atoms with Crippen LogP contribution in [0.25, 0.3) is 0 Å². The van der Waals surface area contributed by atoms with E-state index in [9.17, 15) is 39.5 Å². The molecule has 121 valence electrons. The molecule has 0 spiro atoms. The van der Waals surface area contributed by atoms with Gasteiger partial charge in [0.25, 0.3) is 0 Å². The Kier molecular flexibility index (Phi) is 6.18. The maximum absolute atomic E-state index is 12.9. The standard InChI is InChI=1S/C10H12F9O/c1-2-3-5-20-6-4-7(11,12)8(13,14)9(15,16)10(17,18)19/h1-6H2. The molecule has 0 aliphatic carbocycles. The minimum absolute atomic E-state index is 0.138. The van der Waals surface area contributed by atoms with Crippen LogP contribution >= 0.6 is 0 Å². The molecule has 0 saturated heterocycles. The lowest BCUT2D eigenvalue weighted by Crippen LogP contribution is -2.61. The molecule has 0 aliphatic heterocycles. The molecule has 0 amide bonds. The molecule has 10 heteroatoms. The van der Waals surface area contributed by atoms with Crippen LogP contribution in [0.3, 0.4) is 0 Å². The Morgan fingerprint density at radius 1 is 0.750 bits per heavy atom. The van der Waals surface area contributed by atoms with E-state index in [0.717, 1.165) is 0 Å². The second-order valence-corrected chi connectivity index (χ2v) is 3.92. The summed E-state index contributed by atoms with van der Waals surface area (Å²) in [6, 6.07) is 0. The van der Waals surface area contributed by atoms with Crippen LogP contribution < -0.4 is 0 Å². The third kappa shape index (κ3) is 3.92. The van der Waals surface area contributed by atoms with Crippen molar-refractivity contribution in [2.24, 2.45) is 0 Å². The number of hydrogen-bond acceptors (Lipinski definition) is 1. The lowest BCUT2D eigenvalue weighted by Gasteiger charge is -2.33. The van der Waals surface area contributed by atoms with Crippen molar-refractivity contribution in [1.29, 1.82) is 0 Å². The average molecular weight is 319 g/mol. The predicted octanol–water partition coefficient (Wildman–Crippen LogP) is 4.48. The van der Waals surface area contributed by atoms with Crippen LogP contribution in [-0.4, -0.2) is 37.2 Å². The average Bonchev–Trinajstić information content (AvgIpc) is 2.26. The van der Waals surface area contributed by atoms with E-state index in [-0.39, 0.29) is 6.61 Å². The van der Waals surface area contributed by atoms with Crippen molar-refractivity contribution >= 4 is 0 Å². The maximum Gasteiger partial charge on any atom is 0.460 e. The summed E-state index contributed by atoms with van der Waals surface area (Å²) < 4.78 is 116. The molecule has 0 heterocycles. The first-order valence-electron chi connectivity index (χ1n) is 5.38. The van der Waals surface area contributed by atoms with Gasteiger partial charge in [0, 0.05) is 13.0 Å². The van der Waals surface area contributed by atoms with Crippen molar-refractivity contribution in [2.45, 2.75) is 43.2 Å². The first-order chi connectivity index (χ1) is 8.81. The molecule has 0 bridgehead atoms. The molecule has 0 N–H and O–H groups in total. The Morgan fingerprint density at radius 3 is 1.65 bits per heavy atom. The van der Waals surface area contributed by atoms with E-state index < -0.39 is 37.0 Å². The van der Waals surface area contributed by atoms with Gasteiger partial charge in [-0.15, -0.1) is 0 Å². The normalized spacial score (nSPS) is 14.7. The lowest BCUT2D eigenvalue weighted by molar-refractivity contribution is -0.397. The van der Waals surface area contributed by atoms with E-state index in [4.69, 9.17) is 0 Å². The van der Waals surface area contributed by atoms with Crippen LogP contribution in [0.2, 0.25) is 0 Å². The van der Waals surface area contributed by atoms with E-state index in [1.807, 2.05) is 0 Å². The maximum atomic E-state index is 12.9. The Balaban J connectivity index is 4.81. The summed E-state index contributed by atoms with van der Waals surface area (Å²) in [5.74, 6) is -19.0. The van der Waals surface area contributed by atoms with Crippen LogP contribution in [0.4, 0.5) is 39.5 Å². The SMILES string of the molecule is [CH2]CCCOCCC(F)(F)C(F)(F)C(F)(F)C(F)(F)F. The van der Waals surface area contributed by atoms with Crippen molar-refractivity contribution < 1.29 is 44.3 Å². The number of rotatable bonds is 8. The number of unbranched alkanes of at least 4 members (excludes halogenated alkanes) is 1. The van der Waals surface area contributed by atoms with Gasteiger partial charge in [0.05, 0.1) is 6.61 Å². The van der Waals surface area contributed by atoms with E-state index in [0.29, 0.717) is 12.8 Å². The van der Waals surface area contributed by atoms with E-state index >= 15 is 0 Å². The van der Waals surface area contributed by atoms with Crippen LogP contribution in [0.15, 0.2) is 0 Å². The monoisotopic (exact) mass is 319 g/mol. The first kappa shape index (κ1) is 19.3. The Bertz CT molecular complexity index is 298. The van der Waals surface area contributed by atoms with Crippen LogP contribution in [-0.2, 0) is 4.74 Å². The zero-order valence-electron chi connectivity index (χ0n) is 10.1. The van der Waals surface area contributed by atoms with Gasteiger partial charge in [-0.05, 0) is 6.42 Å². The molecule has 1 radical (unpaired) electrons. The first-order valence-corrected chi connectivity index (χ1v) is 5.38. The molecule has 0 unspecified atom stereocenters. The fraction of sp³-hybridized carbons (Fsp3) is 0.900. The van der Waals surface area contributed by atoms with Crippen molar-refractivity contribution in [3.63, 3.8) is 0 Å². The third-order valence-corrected chi connectivity index (χ3v) is 2.31. The second kappa shape index (κ2) is 6.40.